The summed E-state index contributed by atoms with van der Waals surface area (Å²) in [5.74, 6) is -1.60. The third-order valence-electron chi connectivity index (χ3n) is 2.47. The maximum atomic E-state index is 12.7. The van der Waals surface area contributed by atoms with E-state index in [-0.39, 0.29) is 13.2 Å². The lowest BCUT2D eigenvalue weighted by Gasteiger charge is -2.23. The fraction of sp³-hybridized carbons (Fsp3) is 0.400. The summed E-state index contributed by atoms with van der Waals surface area (Å²) in [6, 6.07) is 9.42. The molecule has 5 nitrogen and oxygen atoms in total. The molecule has 0 radical (unpaired) electrons. The summed E-state index contributed by atoms with van der Waals surface area (Å²) in [4.78, 5) is 11.2. The standard InChI is InChI=1S/C15H21O5P/c1-4-18-21(17,19-5-2)15(20-13(3)16)12-11-14-9-7-6-8-10-14/h6-12,15H,4-5H2,1-3H3. The van der Waals surface area contributed by atoms with Gasteiger partial charge in [-0.15, -0.1) is 0 Å². The van der Waals surface area contributed by atoms with Crippen LogP contribution in [0.4, 0.5) is 0 Å². The van der Waals surface area contributed by atoms with Crippen molar-refractivity contribution in [3.8, 4) is 0 Å². The summed E-state index contributed by atoms with van der Waals surface area (Å²) in [5, 5.41) is 0. The summed E-state index contributed by atoms with van der Waals surface area (Å²) in [6.07, 6.45) is 3.25. The zero-order valence-electron chi connectivity index (χ0n) is 12.5. The maximum absolute atomic E-state index is 12.7. The van der Waals surface area contributed by atoms with E-state index in [1.807, 2.05) is 30.3 Å². The van der Waals surface area contributed by atoms with Crippen molar-refractivity contribution in [2.75, 3.05) is 13.2 Å². The topological polar surface area (TPSA) is 61.8 Å². The first-order valence-corrected chi connectivity index (χ1v) is 8.42. The van der Waals surface area contributed by atoms with E-state index < -0.39 is 19.4 Å². The van der Waals surface area contributed by atoms with E-state index in [1.54, 1.807) is 19.9 Å². The Kier molecular flexibility index (Phi) is 7.37. The predicted octanol–water partition coefficient (Wildman–Crippen LogP) is 3.86. The van der Waals surface area contributed by atoms with Crippen LogP contribution in [0.3, 0.4) is 0 Å². The molecule has 0 spiro atoms. The van der Waals surface area contributed by atoms with Gasteiger partial charge in [-0.1, -0.05) is 36.4 Å². The Morgan fingerprint density at radius 3 is 2.24 bits per heavy atom. The zero-order chi connectivity index (χ0) is 15.7. The molecule has 0 saturated heterocycles. The molecule has 0 N–H and O–H groups in total. The molecule has 1 unspecified atom stereocenters. The number of benzene rings is 1. The lowest BCUT2D eigenvalue weighted by molar-refractivity contribution is -0.142. The molecule has 0 saturated carbocycles. The molecule has 0 fully saturated rings. The van der Waals surface area contributed by atoms with E-state index in [1.165, 1.54) is 13.0 Å². The van der Waals surface area contributed by atoms with E-state index in [2.05, 4.69) is 0 Å². The van der Waals surface area contributed by atoms with Gasteiger partial charge in [0, 0.05) is 6.92 Å². The lowest BCUT2D eigenvalue weighted by atomic mass is 10.2. The van der Waals surface area contributed by atoms with E-state index >= 15 is 0 Å². The van der Waals surface area contributed by atoms with Crippen LogP contribution in [-0.2, 0) is 23.1 Å². The molecule has 116 valence electrons. The van der Waals surface area contributed by atoms with Crippen LogP contribution in [0.2, 0.25) is 0 Å². The first kappa shape index (κ1) is 17.6. The average Bonchev–Trinajstić information content (AvgIpc) is 2.44. The van der Waals surface area contributed by atoms with Gasteiger partial charge in [-0.2, -0.15) is 0 Å². The molecule has 1 aromatic rings. The van der Waals surface area contributed by atoms with Gasteiger partial charge in [0.05, 0.1) is 13.2 Å². The molecule has 0 aromatic heterocycles. The van der Waals surface area contributed by atoms with Gasteiger partial charge in [0.1, 0.15) is 0 Å². The van der Waals surface area contributed by atoms with Crippen LogP contribution in [0.1, 0.15) is 26.3 Å². The smallest absolute Gasteiger partial charge is 0.374 e. The van der Waals surface area contributed by atoms with Gasteiger partial charge in [-0.05, 0) is 25.5 Å². The number of rotatable bonds is 8. The van der Waals surface area contributed by atoms with Gasteiger partial charge >= 0.3 is 13.6 Å². The van der Waals surface area contributed by atoms with Crippen LogP contribution in [0.5, 0.6) is 0 Å². The second kappa shape index (κ2) is 8.78. The predicted molar refractivity (Wildman–Crippen MR) is 81.9 cm³/mol. The third kappa shape index (κ3) is 5.84. The van der Waals surface area contributed by atoms with Crippen LogP contribution in [0.25, 0.3) is 6.08 Å². The van der Waals surface area contributed by atoms with Crippen molar-refractivity contribution >= 4 is 19.6 Å². The summed E-state index contributed by atoms with van der Waals surface area (Å²) in [6.45, 7) is 5.07. The highest BCUT2D eigenvalue weighted by molar-refractivity contribution is 7.54. The van der Waals surface area contributed by atoms with Crippen molar-refractivity contribution in [2.45, 2.75) is 26.6 Å². The second-order valence-corrected chi connectivity index (χ2v) is 6.25. The van der Waals surface area contributed by atoms with Gasteiger partial charge in [-0.3, -0.25) is 9.36 Å². The Hall–Kier alpha value is -1.42. The quantitative estimate of drug-likeness (QED) is 0.539. The summed E-state index contributed by atoms with van der Waals surface area (Å²) in [7, 11) is -3.55. The van der Waals surface area contributed by atoms with Crippen LogP contribution in [0.15, 0.2) is 36.4 Å². The summed E-state index contributed by atoms with van der Waals surface area (Å²) >= 11 is 0. The molecule has 0 bridgehead atoms. The molecular weight excluding hydrogens is 291 g/mol. The van der Waals surface area contributed by atoms with Gasteiger partial charge in [0.15, 0.2) is 0 Å². The monoisotopic (exact) mass is 312 g/mol. The number of hydrogen-bond donors (Lipinski definition) is 0. The molecule has 1 atom stereocenters. The first-order chi connectivity index (χ1) is 10.0. The van der Waals surface area contributed by atoms with Crippen molar-refractivity contribution in [3.05, 3.63) is 42.0 Å². The normalized spacial score (nSPS) is 13.3. The Labute approximate surface area is 125 Å². The molecule has 0 amide bonds. The maximum Gasteiger partial charge on any atom is 0.374 e. The minimum Gasteiger partial charge on any atom is -0.445 e. The molecular formula is C15H21O5P. The Bertz CT molecular complexity index is 502. The minimum absolute atomic E-state index is 0.203. The van der Waals surface area contributed by atoms with Crippen molar-refractivity contribution in [1.29, 1.82) is 0 Å². The van der Waals surface area contributed by atoms with Crippen molar-refractivity contribution < 1.29 is 23.1 Å². The molecule has 6 heteroatoms. The average molecular weight is 312 g/mol. The SMILES string of the molecule is CCOP(=O)(OCC)C(C=Cc1ccccc1)OC(C)=O. The highest BCUT2D eigenvalue weighted by Crippen LogP contribution is 2.54. The van der Waals surface area contributed by atoms with Crippen LogP contribution >= 0.6 is 7.60 Å². The number of ether oxygens (including phenoxy) is 1. The van der Waals surface area contributed by atoms with E-state index in [0.717, 1.165) is 5.56 Å². The second-order valence-electron chi connectivity index (χ2n) is 4.15. The van der Waals surface area contributed by atoms with Gasteiger partial charge in [0.2, 0.25) is 5.85 Å². The van der Waals surface area contributed by atoms with Crippen molar-refractivity contribution in [3.63, 3.8) is 0 Å². The van der Waals surface area contributed by atoms with Gasteiger partial charge in [-0.25, -0.2) is 0 Å². The van der Waals surface area contributed by atoms with Gasteiger partial charge < -0.3 is 13.8 Å². The first-order valence-electron chi connectivity index (χ1n) is 6.81. The Morgan fingerprint density at radius 2 is 1.76 bits per heavy atom. The number of hydrogen-bond acceptors (Lipinski definition) is 5. The molecule has 0 aliphatic rings. The largest absolute Gasteiger partial charge is 0.445 e. The molecule has 0 aliphatic heterocycles. The fourth-order valence-corrected chi connectivity index (χ4v) is 3.34. The van der Waals surface area contributed by atoms with Crippen LogP contribution < -0.4 is 0 Å². The summed E-state index contributed by atoms with van der Waals surface area (Å²) < 4.78 is 28.3. The Morgan fingerprint density at radius 1 is 1.19 bits per heavy atom. The van der Waals surface area contributed by atoms with E-state index in [4.69, 9.17) is 13.8 Å². The van der Waals surface area contributed by atoms with Crippen molar-refractivity contribution in [2.24, 2.45) is 0 Å². The highest BCUT2D eigenvalue weighted by Gasteiger charge is 2.36. The van der Waals surface area contributed by atoms with E-state index in [9.17, 15) is 9.36 Å². The fourth-order valence-electron chi connectivity index (χ4n) is 1.68. The summed E-state index contributed by atoms with van der Waals surface area (Å²) in [5.41, 5.74) is 0.897. The Balaban J connectivity index is 3.00. The minimum atomic E-state index is -3.55. The molecule has 0 heterocycles. The van der Waals surface area contributed by atoms with Gasteiger partial charge in [0.25, 0.3) is 0 Å². The molecule has 1 aromatic carbocycles. The molecule has 0 aliphatic carbocycles. The van der Waals surface area contributed by atoms with Crippen LogP contribution in [0, 0.1) is 0 Å². The number of carbonyl (C=O) groups is 1. The third-order valence-corrected chi connectivity index (χ3v) is 4.61. The van der Waals surface area contributed by atoms with Crippen molar-refractivity contribution in [1.82, 2.24) is 0 Å². The molecule has 1 rings (SSSR count). The van der Waals surface area contributed by atoms with E-state index in [0.29, 0.717) is 0 Å². The van der Waals surface area contributed by atoms with Crippen LogP contribution in [-0.4, -0.2) is 25.0 Å². The highest BCUT2D eigenvalue weighted by atomic mass is 31.2. The number of esters is 1. The lowest BCUT2D eigenvalue weighted by Crippen LogP contribution is -2.17. The molecule has 21 heavy (non-hydrogen) atoms. The zero-order valence-corrected chi connectivity index (χ0v) is 13.4. The number of carbonyl (C=O) groups excluding carboxylic acids is 1.